The number of rotatable bonds is 4. The Bertz CT molecular complexity index is 561. The third kappa shape index (κ3) is 3.42. The lowest BCUT2D eigenvalue weighted by atomic mass is 10.1. The molecule has 0 saturated heterocycles. The molecule has 0 aliphatic heterocycles. The van der Waals surface area contributed by atoms with Crippen LogP contribution in [0.3, 0.4) is 0 Å². The molecule has 0 fully saturated rings. The van der Waals surface area contributed by atoms with Gasteiger partial charge in [0.2, 0.25) is 5.82 Å². The molecule has 1 aromatic rings. The number of hydrogen-bond donors (Lipinski definition) is 1. The molecule has 1 rings (SSSR count). The number of nitrogens with zero attached hydrogens (tertiary/aromatic N) is 2. The summed E-state index contributed by atoms with van der Waals surface area (Å²) in [6.45, 7) is 3.31. The van der Waals surface area contributed by atoms with E-state index in [0.29, 0.717) is 0 Å². The molecule has 19 heavy (non-hydrogen) atoms. The summed E-state index contributed by atoms with van der Waals surface area (Å²) < 4.78 is 4.51. The second-order valence-electron chi connectivity index (χ2n) is 4.21. The monoisotopic (exact) mass is 263 g/mol. The van der Waals surface area contributed by atoms with E-state index >= 15 is 0 Å². The molecule has 0 amide bonds. The number of anilines is 1. The number of nitro groups is 1. The molecule has 0 bridgehead atoms. The highest BCUT2D eigenvalue weighted by Crippen LogP contribution is 2.25. The van der Waals surface area contributed by atoms with Crippen molar-refractivity contribution in [2.24, 2.45) is 0 Å². The molecule has 100 valence electrons. The molecule has 1 heterocycles. The van der Waals surface area contributed by atoms with Crippen molar-refractivity contribution in [3.63, 3.8) is 0 Å². The fourth-order valence-electron chi connectivity index (χ4n) is 1.24. The topological polar surface area (TPSA) is 94.4 Å². The Kier molecular flexibility index (Phi) is 4.07. The Balaban J connectivity index is 3.28. The third-order valence-electron chi connectivity index (χ3n) is 2.26. The van der Waals surface area contributed by atoms with Crippen molar-refractivity contribution in [1.29, 1.82) is 0 Å². The Labute approximate surface area is 110 Å². The van der Waals surface area contributed by atoms with Gasteiger partial charge in [-0.2, -0.15) is 0 Å². The normalized spacial score (nSPS) is 10.4. The molecule has 0 atom stereocenters. The van der Waals surface area contributed by atoms with Crippen molar-refractivity contribution >= 4 is 17.5 Å². The molecule has 0 radical (unpaired) electrons. The first-order valence-electron chi connectivity index (χ1n) is 5.30. The molecule has 0 aromatic carbocycles. The first-order chi connectivity index (χ1) is 8.80. The lowest BCUT2D eigenvalue weighted by Crippen LogP contribution is -2.29. The van der Waals surface area contributed by atoms with Gasteiger partial charge in [-0.1, -0.05) is 5.92 Å². The Morgan fingerprint density at radius 2 is 2.21 bits per heavy atom. The zero-order valence-electron chi connectivity index (χ0n) is 10.8. The third-order valence-corrected chi connectivity index (χ3v) is 2.26. The predicted octanol–water partition coefficient (Wildman–Crippen LogP) is 1.60. The van der Waals surface area contributed by atoms with Gasteiger partial charge < -0.3 is 10.1 Å². The van der Waals surface area contributed by atoms with Crippen LogP contribution in [0.5, 0.6) is 0 Å². The molecule has 1 aromatic heterocycles. The van der Waals surface area contributed by atoms with Gasteiger partial charge in [0, 0.05) is 6.07 Å². The zero-order chi connectivity index (χ0) is 14.6. The minimum absolute atomic E-state index is 0.0385. The maximum Gasteiger partial charge on any atom is 0.356 e. The van der Waals surface area contributed by atoms with Crippen LogP contribution in [0.1, 0.15) is 24.3 Å². The summed E-state index contributed by atoms with van der Waals surface area (Å²) in [6, 6.07) is 2.40. The lowest BCUT2D eigenvalue weighted by Gasteiger charge is -2.20. The van der Waals surface area contributed by atoms with Crippen LogP contribution in [0.2, 0.25) is 0 Å². The van der Waals surface area contributed by atoms with Gasteiger partial charge in [0.25, 0.3) is 0 Å². The van der Waals surface area contributed by atoms with Gasteiger partial charge in [0.1, 0.15) is 0 Å². The first kappa shape index (κ1) is 14.4. The maximum atomic E-state index is 11.4. The van der Waals surface area contributed by atoms with E-state index in [4.69, 9.17) is 6.42 Å². The van der Waals surface area contributed by atoms with Crippen LogP contribution < -0.4 is 5.32 Å². The fourth-order valence-corrected chi connectivity index (χ4v) is 1.24. The quantitative estimate of drug-likeness (QED) is 0.384. The van der Waals surface area contributed by atoms with E-state index in [9.17, 15) is 14.9 Å². The second-order valence-corrected chi connectivity index (χ2v) is 4.21. The second kappa shape index (κ2) is 5.35. The first-order valence-corrected chi connectivity index (χ1v) is 5.30. The van der Waals surface area contributed by atoms with Gasteiger partial charge in [-0.3, -0.25) is 10.1 Å². The summed E-state index contributed by atoms with van der Waals surface area (Å²) in [7, 11) is 1.20. The average Bonchev–Trinajstić information content (AvgIpc) is 2.37. The van der Waals surface area contributed by atoms with Gasteiger partial charge >= 0.3 is 11.7 Å². The van der Waals surface area contributed by atoms with Crippen LogP contribution in [0, 0.1) is 22.5 Å². The summed E-state index contributed by atoms with van der Waals surface area (Å²) >= 11 is 0. The van der Waals surface area contributed by atoms with Gasteiger partial charge in [0.15, 0.2) is 5.69 Å². The highest BCUT2D eigenvalue weighted by Gasteiger charge is 2.23. The molecule has 1 N–H and O–H groups in total. The predicted molar refractivity (Wildman–Crippen MR) is 68.8 cm³/mol. The number of hydrogen-bond acceptors (Lipinski definition) is 6. The van der Waals surface area contributed by atoms with E-state index in [1.165, 1.54) is 19.2 Å². The number of ether oxygens (including phenoxy) is 1. The zero-order valence-corrected chi connectivity index (χ0v) is 10.8. The Morgan fingerprint density at radius 3 is 2.68 bits per heavy atom. The van der Waals surface area contributed by atoms with Crippen molar-refractivity contribution in [1.82, 2.24) is 4.98 Å². The Hall–Kier alpha value is -2.62. The number of methoxy groups -OCH3 is 1. The summed E-state index contributed by atoms with van der Waals surface area (Å²) in [5, 5.41) is 13.6. The number of terminal acetylenes is 1. The van der Waals surface area contributed by atoms with Crippen LogP contribution in [0.15, 0.2) is 12.1 Å². The van der Waals surface area contributed by atoms with Gasteiger partial charge in [0.05, 0.1) is 17.6 Å². The van der Waals surface area contributed by atoms with E-state index in [2.05, 4.69) is 21.0 Å². The van der Waals surface area contributed by atoms with E-state index in [1.807, 2.05) is 0 Å². The van der Waals surface area contributed by atoms with Gasteiger partial charge in [-0.25, -0.2) is 9.78 Å². The number of carbonyl (C=O) groups excluding carboxylic acids is 1. The molecular formula is C12H13N3O4. The molecular weight excluding hydrogens is 250 g/mol. The largest absolute Gasteiger partial charge is 0.464 e. The van der Waals surface area contributed by atoms with Crippen LogP contribution >= 0.6 is 0 Å². The van der Waals surface area contributed by atoms with Crippen LogP contribution in [0.4, 0.5) is 11.5 Å². The van der Waals surface area contributed by atoms with Crippen molar-refractivity contribution in [3.05, 3.63) is 27.9 Å². The molecule has 0 saturated carbocycles. The molecule has 0 spiro atoms. The lowest BCUT2D eigenvalue weighted by molar-refractivity contribution is -0.384. The number of pyridine rings is 1. The molecule has 7 heteroatoms. The maximum absolute atomic E-state index is 11.4. The van der Waals surface area contributed by atoms with Crippen molar-refractivity contribution < 1.29 is 14.5 Å². The fraction of sp³-hybridized carbons (Fsp3) is 0.333. The number of aromatic nitrogens is 1. The highest BCUT2D eigenvalue weighted by molar-refractivity contribution is 5.88. The van der Waals surface area contributed by atoms with E-state index in [-0.39, 0.29) is 17.2 Å². The molecule has 0 aliphatic carbocycles. The summed E-state index contributed by atoms with van der Waals surface area (Å²) in [5.41, 5.74) is -1.15. The van der Waals surface area contributed by atoms with Gasteiger partial charge in [-0.15, -0.1) is 6.42 Å². The highest BCUT2D eigenvalue weighted by atomic mass is 16.6. The van der Waals surface area contributed by atoms with Crippen LogP contribution in [0.25, 0.3) is 0 Å². The molecule has 7 nitrogen and oxygen atoms in total. The number of esters is 1. The minimum atomic E-state index is -0.841. The smallest absolute Gasteiger partial charge is 0.356 e. The molecule has 0 unspecified atom stereocenters. The minimum Gasteiger partial charge on any atom is -0.464 e. The number of carbonyl (C=O) groups is 1. The van der Waals surface area contributed by atoms with Crippen LogP contribution in [-0.2, 0) is 4.74 Å². The van der Waals surface area contributed by atoms with Gasteiger partial charge in [-0.05, 0) is 19.9 Å². The van der Waals surface area contributed by atoms with E-state index in [1.54, 1.807) is 13.8 Å². The Morgan fingerprint density at radius 1 is 1.58 bits per heavy atom. The van der Waals surface area contributed by atoms with E-state index < -0.39 is 16.4 Å². The molecule has 0 aliphatic rings. The van der Waals surface area contributed by atoms with E-state index in [0.717, 1.165) is 0 Å². The van der Waals surface area contributed by atoms with Crippen LogP contribution in [-0.4, -0.2) is 28.5 Å². The number of nitrogens with one attached hydrogen (secondary N) is 1. The summed E-state index contributed by atoms with van der Waals surface area (Å²) in [5.74, 6) is 1.67. The standard InChI is InChI=1S/C12H13N3O4/c1-5-12(2,3)14-10-9(15(17)18)7-6-8(13-10)11(16)19-4/h1,6-7H,2-4H3,(H,13,14). The summed E-state index contributed by atoms with van der Waals surface area (Å²) in [6.07, 6.45) is 5.30. The van der Waals surface area contributed by atoms with Crippen molar-refractivity contribution in [2.45, 2.75) is 19.4 Å². The summed E-state index contributed by atoms with van der Waals surface area (Å²) in [4.78, 5) is 25.5. The van der Waals surface area contributed by atoms with Crippen molar-refractivity contribution in [2.75, 3.05) is 12.4 Å². The average molecular weight is 263 g/mol. The van der Waals surface area contributed by atoms with Crippen molar-refractivity contribution in [3.8, 4) is 12.3 Å². The SMILES string of the molecule is C#CC(C)(C)Nc1nc(C(=O)OC)ccc1[N+](=O)[O-].